The Kier molecular flexibility index (Phi) is 3.45. The number of rotatable bonds is 4. The number of nitrogens with zero attached hydrogens (tertiary/aromatic N) is 2. The first kappa shape index (κ1) is 12.2. The second-order valence-corrected chi connectivity index (χ2v) is 5.00. The predicted molar refractivity (Wildman–Crippen MR) is 78.2 cm³/mol. The molecule has 2 aromatic rings. The molecule has 0 amide bonds. The van der Waals surface area contributed by atoms with E-state index in [9.17, 15) is 0 Å². The highest BCUT2D eigenvalue weighted by molar-refractivity contribution is 5.74. The second-order valence-electron chi connectivity index (χ2n) is 5.00. The Labute approximate surface area is 114 Å². The first-order valence-corrected chi connectivity index (χ1v) is 7.04. The smallest absolute Gasteiger partial charge is 0.152 e. The summed E-state index contributed by atoms with van der Waals surface area (Å²) in [6.45, 7) is 2.94. The molecule has 0 unspecified atom stereocenters. The fraction of sp³-hybridized carbons (Fsp3) is 0.375. The third kappa shape index (κ3) is 2.33. The van der Waals surface area contributed by atoms with Crippen molar-refractivity contribution >= 4 is 5.82 Å². The van der Waals surface area contributed by atoms with E-state index in [1.54, 1.807) is 12.4 Å². The maximum absolute atomic E-state index is 4.54. The van der Waals surface area contributed by atoms with Crippen molar-refractivity contribution < 1.29 is 0 Å². The molecule has 1 fully saturated rings. The molecule has 1 aliphatic rings. The Balaban J connectivity index is 2.06. The van der Waals surface area contributed by atoms with Gasteiger partial charge in [0.25, 0.3) is 0 Å². The normalized spacial score (nSPS) is 15.0. The Bertz CT molecular complexity index is 561. The largest absolute Gasteiger partial charge is 0.369 e. The van der Waals surface area contributed by atoms with Crippen LogP contribution in [0.3, 0.4) is 0 Å². The van der Waals surface area contributed by atoms with Crippen molar-refractivity contribution in [1.82, 2.24) is 9.97 Å². The van der Waals surface area contributed by atoms with Gasteiger partial charge in [-0.3, -0.25) is 4.98 Å². The molecular formula is C16H19N3. The highest BCUT2D eigenvalue weighted by Crippen LogP contribution is 2.41. The van der Waals surface area contributed by atoms with Crippen molar-refractivity contribution in [3.8, 4) is 11.3 Å². The Morgan fingerprint density at radius 1 is 1.16 bits per heavy atom. The topological polar surface area (TPSA) is 37.8 Å². The Hall–Kier alpha value is -1.90. The van der Waals surface area contributed by atoms with Gasteiger partial charge in [-0.15, -0.1) is 0 Å². The molecule has 98 valence electrons. The maximum Gasteiger partial charge on any atom is 0.152 e. The molecule has 1 aliphatic carbocycles. The lowest BCUT2D eigenvalue weighted by Gasteiger charge is -2.28. The lowest BCUT2D eigenvalue weighted by atomic mass is 9.78. The highest BCUT2D eigenvalue weighted by Gasteiger charge is 2.23. The Morgan fingerprint density at radius 2 is 1.95 bits per heavy atom. The van der Waals surface area contributed by atoms with Crippen LogP contribution in [0.2, 0.25) is 0 Å². The van der Waals surface area contributed by atoms with E-state index in [4.69, 9.17) is 0 Å². The van der Waals surface area contributed by atoms with Crippen LogP contribution in [-0.4, -0.2) is 16.5 Å². The molecule has 0 radical (unpaired) electrons. The van der Waals surface area contributed by atoms with E-state index in [1.165, 1.54) is 30.4 Å². The molecule has 1 heterocycles. The molecule has 1 aromatic heterocycles. The molecule has 0 bridgehead atoms. The molecule has 3 nitrogen and oxygen atoms in total. The third-order valence-electron chi connectivity index (χ3n) is 3.80. The fourth-order valence-electron chi connectivity index (χ4n) is 2.62. The van der Waals surface area contributed by atoms with E-state index < -0.39 is 0 Å². The number of aromatic nitrogens is 2. The molecule has 1 aromatic carbocycles. The van der Waals surface area contributed by atoms with Gasteiger partial charge in [-0.25, -0.2) is 4.98 Å². The molecule has 1 saturated carbocycles. The minimum absolute atomic E-state index is 0.702. The monoisotopic (exact) mass is 253 g/mol. The number of benzene rings is 1. The number of nitrogens with one attached hydrogen (secondary N) is 1. The van der Waals surface area contributed by atoms with E-state index in [0.29, 0.717) is 5.92 Å². The van der Waals surface area contributed by atoms with E-state index >= 15 is 0 Å². The van der Waals surface area contributed by atoms with Crippen LogP contribution in [0.15, 0.2) is 36.7 Å². The molecule has 1 N–H and O–H groups in total. The van der Waals surface area contributed by atoms with Gasteiger partial charge in [-0.1, -0.05) is 30.7 Å². The maximum atomic E-state index is 4.54. The highest BCUT2D eigenvalue weighted by atomic mass is 15.0. The zero-order chi connectivity index (χ0) is 13.1. The predicted octanol–water partition coefficient (Wildman–Crippen LogP) is 3.84. The summed E-state index contributed by atoms with van der Waals surface area (Å²) in [5.41, 5.74) is 3.64. The zero-order valence-electron chi connectivity index (χ0n) is 11.3. The molecule has 0 saturated heterocycles. The van der Waals surface area contributed by atoms with Crippen LogP contribution in [0.5, 0.6) is 0 Å². The minimum atomic E-state index is 0.702. The SMILES string of the molecule is CCNc1nccnc1-c1ccccc1C1CCC1. The summed E-state index contributed by atoms with van der Waals surface area (Å²) in [7, 11) is 0. The molecule has 3 rings (SSSR count). The van der Waals surface area contributed by atoms with Crippen LogP contribution in [0.4, 0.5) is 5.82 Å². The van der Waals surface area contributed by atoms with E-state index in [-0.39, 0.29) is 0 Å². The van der Waals surface area contributed by atoms with Crippen LogP contribution >= 0.6 is 0 Å². The van der Waals surface area contributed by atoms with Gasteiger partial charge in [0.15, 0.2) is 5.82 Å². The van der Waals surface area contributed by atoms with Gasteiger partial charge in [-0.2, -0.15) is 0 Å². The molecule has 19 heavy (non-hydrogen) atoms. The van der Waals surface area contributed by atoms with Crippen LogP contribution in [-0.2, 0) is 0 Å². The lowest BCUT2D eigenvalue weighted by molar-refractivity contribution is 0.420. The van der Waals surface area contributed by atoms with Crippen LogP contribution in [0, 0.1) is 0 Å². The summed E-state index contributed by atoms with van der Waals surface area (Å²) >= 11 is 0. The van der Waals surface area contributed by atoms with Gasteiger partial charge in [0, 0.05) is 24.5 Å². The second kappa shape index (κ2) is 5.39. The van der Waals surface area contributed by atoms with E-state index in [1.807, 2.05) is 0 Å². The van der Waals surface area contributed by atoms with E-state index in [2.05, 4.69) is 46.5 Å². The molecule has 3 heteroatoms. The first-order chi connectivity index (χ1) is 9.40. The van der Waals surface area contributed by atoms with Gasteiger partial charge < -0.3 is 5.32 Å². The van der Waals surface area contributed by atoms with Crippen molar-refractivity contribution in [3.63, 3.8) is 0 Å². The molecular weight excluding hydrogens is 234 g/mol. The van der Waals surface area contributed by atoms with Crippen molar-refractivity contribution in [2.24, 2.45) is 0 Å². The van der Waals surface area contributed by atoms with Gasteiger partial charge in [0.1, 0.15) is 5.69 Å². The summed E-state index contributed by atoms with van der Waals surface area (Å²) in [6, 6.07) is 8.62. The summed E-state index contributed by atoms with van der Waals surface area (Å²) < 4.78 is 0. The third-order valence-corrected chi connectivity index (χ3v) is 3.80. The van der Waals surface area contributed by atoms with Crippen molar-refractivity contribution in [2.75, 3.05) is 11.9 Å². The number of hydrogen-bond acceptors (Lipinski definition) is 3. The van der Waals surface area contributed by atoms with Gasteiger partial charge in [-0.05, 0) is 31.2 Å². The van der Waals surface area contributed by atoms with Crippen molar-refractivity contribution in [1.29, 1.82) is 0 Å². The van der Waals surface area contributed by atoms with Gasteiger partial charge in [0.2, 0.25) is 0 Å². The summed E-state index contributed by atoms with van der Waals surface area (Å²) in [5, 5.41) is 3.30. The average Bonchev–Trinajstić information content (AvgIpc) is 2.39. The van der Waals surface area contributed by atoms with Gasteiger partial charge in [0.05, 0.1) is 0 Å². The van der Waals surface area contributed by atoms with Gasteiger partial charge >= 0.3 is 0 Å². The standard InChI is InChI=1S/C16H19N3/c1-2-17-16-15(18-10-11-19-16)14-9-4-3-8-13(14)12-6-5-7-12/h3-4,8-12H,2,5-7H2,1H3,(H,17,19). The minimum Gasteiger partial charge on any atom is -0.369 e. The zero-order valence-corrected chi connectivity index (χ0v) is 11.3. The van der Waals surface area contributed by atoms with Crippen molar-refractivity contribution in [3.05, 3.63) is 42.2 Å². The summed E-state index contributed by atoms with van der Waals surface area (Å²) in [4.78, 5) is 8.96. The average molecular weight is 253 g/mol. The van der Waals surface area contributed by atoms with E-state index in [0.717, 1.165) is 18.1 Å². The van der Waals surface area contributed by atoms with Crippen molar-refractivity contribution in [2.45, 2.75) is 32.1 Å². The van der Waals surface area contributed by atoms with Crippen LogP contribution < -0.4 is 5.32 Å². The number of hydrogen-bond donors (Lipinski definition) is 1. The molecule has 0 atom stereocenters. The lowest BCUT2D eigenvalue weighted by Crippen LogP contribution is -2.11. The van der Waals surface area contributed by atoms with Crippen LogP contribution in [0.1, 0.15) is 37.7 Å². The van der Waals surface area contributed by atoms with Crippen LogP contribution in [0.25, 0.3) is 11.3 Å². The number of anilines is 1. The summed E-state index contributed by atoms with van der Waals surface area (Å²) in [6.07, 6.45) is 7.46. The molecule has 0 spiro atoms. The summed E-state index contributed by atoms with van der Waals surface area (Å²) in [5.74, 6) is 1.59. The first-order valence-electron chi connectivity index (χ1n) is 7.04. The Morgan fingerprint density at radius 3 is 2.68 bits per heavy atom. The molecule has 0 aliphatic heterocycles. The quantitative estimate of drug-likeness (QED) is 0.899. The fourth-order valence-corrected chi connectivity index (χ4v) is 2.62.